The third-order valence-corrected chi connectivity index (χ3v) is 7.29. The zero-order valence-electron chi connectivity index (χ0n) is 17.5. The molecule has 3 N–H and O–H groups in total. The molecule has 5 rings (SSSR count). The minimum Gasteiger partial charge on any atom is -0.369 e. The molecule has 2 aromatic heterocycles. The van der Waals surface area contributed by atoms with Crippen LogP contribution in [0, 0.1) is 5.92 Å². The van der Waals surface area contributed by atoms with Gasteiger partial charge in [0.25, 0.3) is 0 Å². The fourth-order valence-electron chi connectivity index (χ4n) is 4.31. The van der Waals surface area contributed by atoms with Gasteiger partial charge in [-0.25, -0.2) is 0 Å². The van der Waals surface area contributed by atoms with Crippen LogP contribution in [0.2, 0.25) is 0 Å². The third-order valence-electron chi connectivity index (χ3n) is 6.25. The number of nitrogens with two attached hydrogens (primary N) is 1. The van der Waals surface area contributed by atoms with E-state index in [4.69, 9.17) is 5.73 Å². The average molecular weight is 439 g/mol. The molecule has 3 aromatic rings. The number of carbonyl (C=O) groups excluding carboxylic acids is 2. The number of thioether (sulfide) groups is 1. The van der Waals surface area contributed by atoms with E-state index in [1.54, 1.807) is 0 Å². The molecule has 2 amide bonds. The predicted molar refractivity (Wildman–Crippen MR) is 119 cm³/mol. The molecule has 0 radical (unpaired) electrons. The van der Waals surface area contributed by atoms with Gasteiger partial charge < -0.3 is 15.6 Å². The van der Waals surface area contributed by atoms with Crippen LogP contribution in [0.15, 0.2) is 35.6 Å². The van der Waals surface area contributed by atoms with Gasteiger partial charge in [0.05, 0.1) is 5.25 Å². The van der Waals surface area contributed by atoms with Crippen LogP contribution in [0.3, 0.4) is 0 Å². The topological polar surface area (TPSA) is 110 Å². The molecule has 9 heteroatoms. The average Bonchev–Trinajstić information content (AvgIpc) is 3.40. The number of carbonyl (C=O) groups is 2. The van der Waals surface area contributed by atoms with Gasteiger partial charge in [-0.05, 0) is 38.7 Å². The molecule has 3 heterocycles. The second-order valence-electron chi connectivity index (χ2n) is 8.42. The van der Waals surface area contributed by atoms with E-state index in [0.717, 1.165) is 40.3 Å². The molecule has 1 saturated carbocycles. The van der Waals surface area contributed by atoms with Crippen molar-refractivity contribution in [3.8, 4) is 11.4 Å². The van der Waals surface area contributed by atoms with E-state index in [1.165, 1.54) is 11.8 Å². The van der Waals surface area contributed by atoms with Crippen molar-refractivity contribution in [1.29, 1.82) is 0 Å². The summed E-state index contributed by atoms with van der Waals surface area (Å²) in [6, 6.07) is 8.55. The third kappa shape index (κ3) is 3.82. The maximum atomic E-state index is 13.0. The number of hydrogen-bond donors (Lipinski definition) is 2. The number of hydrogen-bond acceptors (Lipinski definition) is 5. The highest BCUT2D eigenvalue weighted by Gasteiger charge is 2.34. The molecule has 0 spiro atoms. The molecule has 2 fully saturated rings. The molecule has 0 bridgehead atoms. The number of primary amides is 1. The standard InChI is InChI=1S/C22H26N6O2S/c1-13(21(30)27-10-8-14(9-11-27)19(23)29)31-22-26-25-20(28(22)15-6-7-15)17-12-24-18-5-3-2-4-16(17)18/h2-5,12-15,24H,6-11H2,1H3,(H2,23,29). The lowest BCUT2D eigenvalue weighted by molar-refractivity contribution is -0.134. The second-order valence-corrected chi connectivity index (χ2v) is 9.73. The van der Waals surface area contributed by atoms with Gasteiger partial charge >= 0.3 is 0 Å². The summed E-state index contributed by atoms with van der Waals surface area (Å²) in [5.41, 5.74) is 7.52. The molecule has 31 heavy (non-hydrogen) atoms. The van der Waals surface area contributed by atoms with Crippen LogP contribution in [-0.2, 0) is 9.59 Å². The largest absolute Gasteiger partial charge is 0.369 e. The summed E-state index contributed by atoms with van der Waals surface area (Å²) in [6.45, 7) is 3.07. The van der Waals surface area contributed by atoms with Crippen molar-refractivity contribution in [2.45, 2.75) is 49.1 Å². The van der Waals surface area contributed by atoms with E-state index in [-0.39, 0.29) is 23.0 Å². The molecular formula is C22H26N6O2S. The van der Waals surface area contributed by atoms with Crippen molar-refractivity contribution in [3.63, 3.8) is 0 Å². The van der Waals surface area contributed by atoms with E-state index < -0.39 is 0 Å². The van der Waals surface area contributed by atoms with Crippen molar-refractivity contribution in [3.05, 3.63) is 30.5 Å². The first-order chi connectivity index (χ1) is 15.0. The molecular weight excluding hydrogens is 412 g/mol. The van der Waals surface area contributed by atoms with Crippen molar-refractivity contribution in [1.82, 2.24) is 24.6 Å². The number of piperidine rings is 1. The quantitative estimate of drug-likeness (QED) is 0.575. The van der Waals surface area contributed by atoms with Crippen LogP contribution in [0.4, 0.5) is 0 Å². The number of amides is 2. The molecule has 162 valence electrons. The van der Waals surface area contributed by atoms with E-state index in [2.05, 4.69) is 31.9 Å². The maximum Gasteiger partial charge on any atom is 0.235 e. The SMILES string of the molecule is CC(Sc1nnc(-c2c[nH]c3ccccc23)n1C1CC1)C(=O)N1CCC(C(N)=O)CC1. The van der Waals surface area contributed by atoms with Crippen LogP contribution in [0.5, 0.6) is 0 Å². The number of rotatable bonds is 6. The van der Waals surface area contributed by atoms with Crippen LogP contribution < -0.4 is 5.73 Å². The fraction of sp³-hybridized carbons (Fsp3) is 0.455. The van der Waals surface area contributed by atoms with Crippen LogP contribution in [0.25, 0.3) is 22.3 Å². The summed E-state index contributed by atoms with van der Waals surface area (Å²) in [6.07, 6.45) is 5.47. The van der Waals surface area contributed by atoms with Gasteiger partial charge in [0.15, 0.2) is 11.0 Å². The molecule has 1 aliphatic carbocycles. The lowest BCUT2D eigenvalue weighted by Gasteiger charge is -2.32. The maximum absolute atomic E-state index is 13.0. The number of benzene rings is 1. The van der Waals surface area contributed by atoms with Crippen LogP contribution in [-0.4, -0.2) is 54.8 Å². The monoisotopic (exact) mass is 438 g/mol. The Bertz CT molecular complexity index is 1130. The Hall–Kier alpha value is -2.81. The van der Waals surface area contributed by atoms with Gasteiger partial charge in [0.1, 0.15) is 0 Å². The highest BCUT2D eigenvalue weighted by Crippen LogP contribution is 2.43. The zero-order chi connectivity index (χ0) is 21.5. The predicted octanol–water partition coefficient (Wildman–Crippen LogP) is 2.97. The van der Waals surface area contributed by atoms with Crippen molar-refractivity contribution < 1.29 is 9.59 Å². The molecule has 1 aliphatic heterocycles. The van der Waals surface area contributed by atoms with E-state index in [1.807, 2.05) is 30.2 Å². The Morgan fingerprint density at radius 3 is 2.61 bits per heavy atom. The fourth-order valence-corrected chi connectivity index (χ4v) is 5.31. The van der Waals surface area contributed by atoms with Gasteiger partial charge in [-0.3, -0.25) is 14.2 Å². The lowest BCUT2D eigenvalue weighted by atomic mass is 9.96. The molecule has 1 atom stereocenters. The molecule has 2 aliphatic rings. The van der Waals surface area contributed by atoms with Gasteiger partial charge in [-0.15, -0.1) is 10.2 Å². The van der Waals surface area contributed by atoms with Crippen molar-refractivity contribution in [2.24, 2.45) is 11.7 Å². The molecule has 1 unspecified atom stereocenters. The molecule has 1 saturated heterocycles. The Morgan fingerprint density at radius 1 is 1.16 bits per heavy atom. The summed E-state index contributed by atoms with van der Waals surface area (Å²) in [5.74, 6) is 0.539. The first kappa shape index (κ1) is 20.1. The summed E-state index contributed by atoms with van der Waals surface area (Å²) in [7, 11) is 0. The Labute approximate surface area is 184 Å². The Kier molecular flexibility index (Phi) is 5.21. The van der Waals surface area contributed by atoms with Gasteiger partial charge in [-0.1, -0.05) is 30.0 Å². The van der Waals surface area contributed by atoms with Gasteiger partial charge in [0, 0.05) is 47.7 Å². The normalized spacial score (nSPS) is 18.4. The van der Waals surface area contributed by atoms with E-state index in [9.17, 15) is 9.59 Å². The Morgan fingerprint density at radius 2 is 1.90 bits per heavy atom. The number of aromatic nitrogens is 4. The van der Waals surface area contributed by atoms with E-state index in [0.29, 0.717) is 32.0 Å². The molecule has 8 nitrogen and oxygen atoms in total. The summed E-state index contributed by atoms with van der Waals surface area (Å²) in [5, 5.41) is 10.6. The number of likely N-dealkylation sites (tertiary alicyclic amines) is 1. The van der Waals surface area contributed by atoms with Crippen molar-refractivity contribution in [2.75, 3.05) is 13.1 Å². The lowest BCUT2D eigenvalue weighted by Crippen LogP contribution is -2.44. The number of H-pyrrole nitrogens is 1. The second kappa shape index (κ2) is 8.03. The first-order valence-electron chi connectivity index (χ1n) is 10.8. The highest BCUT2D eigenvalue weighted by atomic mass is 32.2. The minimum atomic E-state index is -0.275. The number of nitrogens with one attached hydrogen (secondary N) is 1. The minimum absolute atomic E-state index is 0.0758. The number of aromatic amines is 1. The number of nitrogens with zero attached hydrogens (tertiary/aromatic N) is 4. The molecule has 1 aromatic carbocycles. The number of fused-ring (bicyclic) bond motifs is 1. The summed E-state index contributed by atoms with van der Waals surface area (Å²) < 4.78 is 2.20. The number of para-hydroxylation sites is 1. The highest BCUT2D eigenvalue weighted by molar-refractivity contribution is 8.00. The van der Waals surface area contributed by atoms with E-state index >= 15 is 0 Å². The summed E-state index contributed by atoms with van der Waals surface area (Å²) >= 11 is 1.47. The van der Waals surface area contributed by atoms with Crippen LogP contribution in [0.1, 0.15) is 38.6 Å². The van der Waals surface area contributed by atoms with Gasteiger partial charge in [0.2, 0.25) is 11.8 Å². The van der Waals surface area contributed by atoms with Crippen molar-refractivity contribution >= 4 is 34.5 Å². The smallest absolute Gasteiger partial charge is 0.235 e. The van der Waals surface area contributed by atoms with Crippen LogP contribution >= 0.6 is 11.8 Å². The zero-order valence-corrected chi connectivity index (χ0v) is 18.3. The Balaban J connectivity index is 1.35. The van der Waals surface area contributed by atoms with Gasteiger partial charge in [-0.2, -0.15) is 0 Å². The first-order valence-corrected chi connectivity index (χ1v) is 11.7. The summed E-state index contributed by atoms with van der Waals surface area (Å²) in [4.78, 5) is 29.6.